The molecule has 0 spiro atoms. The fourth-order valence-electron chi connectivity index (χ4n) is 3.98. The Morgan fingerprint density at radius 1 is 1.34 bits per heavy atom. The van der Waals surface area contributed by atoms with Crippen LogP contribution in [0.2, 0.25) is 0 Å². The fourth-order valence-corrected chi connectivity index (χ4v) is 3.98. The number of carbonyl (C=O) groups is 1. The summed E-state index contributed by atoms with van der Waals surface area (Å²) in [5.41, 5.74) is 2.96. The van der Waals surface area contributed by atoms with Gasteiger partial charge in [0.05, 0.1) is 29.2 Å². The average molecular weight is 397 g/mol. The summed E-state index contributed by atoms with van der Waals surface area (Å²) < 4.78 is 1.98. The van der Waals surface area contributed by atoms with Gasteiger partial charge in [-0.25, -0.2) is 4.98 Å². The Morgan fingerprint density at radius 3 is 2.72 bits per heavy atom. The van der Waals surface area contributed by atoms with E-state index in [9.17, 15) is 4.79 Å². The molecule has 1 saturated carbocycles. The first-order valence-electron chi connectivity index (χ1n) is 10.3. The Kier molecular flexibility index (Phi) is 6.90. The van der Waals surface area contributed by atoms with Crippen molar-refractivity contribution in [2.45, 2.75) is 38.6 Å². The van der Waals surface area contributed by atoms with Crippen LogP contribution in [0.25, 0.3) is 0 Å². The lowest BCUT2D eigenvalue weighted by atomic mass is 9.89. The van der Waals surface area contributed by atoms with Gasteiger partial charge in [0.2, 0.25) is 0 Å². The van der Waals surface area contributed by atoms with E-state index >= 15 is 0 Å². The first-order chi connectivity index (χ1) is 14.0. The molecule has 1 aromatic carbocycles. The van der Waals surface area contributed by atoms with Crippen LogP contribution in [0.3, 0.4) is 0 Å². The smallest absolute Gasteiger partial charge is 0.253 e. The minimum absolute atomic E-state index is 0.0650. The number of nitrogens with one attached hydrogen (secondary N) is 2. The molecule has 156 valence electrons. The van der Waals surface area contributed by atoms with Crippen LogP contribution in [-0.4, -0.2) is 42.8 Å². The van der Waals surface area contributed by atoms with Crippen LogP contribution >= 0.6 is 0 Å². The molecule has 1 heterocycles. The van der Waals surface area contributed by atoms with Crippen molar-refractivity contribution in [1.29, 1.82) is 0 Å². The lowest BCUT2D eigenvalue weighted by molar-refractivity contribution is 0.0944. The average Bonchev–Trinajstić information content (AvgIpc) is 3.15. The minimum atomic E-state index is -0.0650. The van der Waals surface area contributed by atoms with E-state index in [-0.39, 0.29) is 5.91 Å². The second-order valence-electron chi connectivity index (χ2n) is 7.82. The van der Waals surface area contributed by atoms with Crippen LogP contribution in [-0.2, 0) is 13.6 Å². The zero-order chi connectivity index (χ0) is 20.8. The van der Waals surface area contributed by atoms with Gasteiger partial charge in [-0.15, -0.1) is 0 Å². The van der Waals surface area contributed by atoms with E-state index in [4.69, 9.17) is 0 Å². The Hall–Kier alpha value is -2.83. The molecule has 0 saturated heterocycles. The van der Waals surface area contributed by atoms with Gasteiger partial charge >= 0.3 is 0 Å². The zero-order valence-corrected chi connectivity index (χ0v) is 17.7. The molecule has 29 heavy (non-hydrogen) atoms. The molecule has 0 unspecified atom stereocenters. The zero-order valence-electron chi connectivity index (χ0n) is 17.7. The molecule has 1 aromatic heterocycles. The summed E-state index contributed by atoms with van der Waals surface area (Å²) in [6.07, 6.45) is 9.94. The van der Waals surface area contributed by atoms with Crippen molar-refractivity contribution in [2.24, 2.45) is 18.0 Å². The van der Waals surface area contributed by atoms with Crippen molar-refractivity contribution in [3.05, 3.63) is 35.9 Å². The van der Waals surface area contributed by atoms with Gasteiger partial charge in [-0.3, -0.25) is 9.79 Å². The highest BCUT2D eigenvalue weighted by Crippen LogP contribution is 2.34. The Labute approximate surface area is 173 Å². The van der Waals surface area contributed by atoms with E-state index in [0.29, 0.717) is 23.7 Å². The van der Waals surface area contributed by atoms with E-state index in [0.717, 1.165) is 23.7 Å². The lowest BCUT2D eigenvalue weighted by Crippen LogP contribution is -2.32. The third-order valence-electron chi connectivity index (χ3n) is 5.79. The number of aliphatic imine (C=N–C) groups is 1. The highest BCUT2D eigenvalue weighted by Gasteiger charge is 2.20. The number of amides is 1. The van der Waals surface area contributed by atoms with Gasteiger partial charge in [0, 0.05) is 40.1 Å². The first-order valence-corrected chi connectivity index (χ1v) is 10.3. The van der Waals surface area contributed by atoms with Gasteiger partial charge in [0.15, 0.2) is 0 Å². The van der Waals surface area contributed by atoms with Gasteiger partial charge in [-0.2, -0.15) is 0 Å². The number of hydrogen-bond donors (Lipinski definition) is 2. The van der Waals surface area contributed by atoms with Gasteiger partial charge in [-0.05, 0) is 37.6 Å². The molecule has 3 rings (SSSR count). The number of nitrogens with zero attached hydrogens (tertiary/aromatic N) is 4. The van der Waals surface area contributed by atoms with E-state index < -0.39 is 0 Å². The summed E-state index contributed by atoms with van der Waals surface area (Å²) in [5.74, 6) is 1.44. The first kappa shape index (κ1) is 20.9. The summed E-state index contributed by atoms with van der Waals surface area (Å²) in [5, 5.41) is 6.30. The molecule has 1 aliphatic rings. The number of imidazole rings is 1. The van der Waals surface area contributed by atoms with Crippen LogP contribution in [0.5, 0.6) is 0 Å². The lowest BCUT2D eigenvalue weighted by Gasteiger charge is -2.25. The maximum atomic E-state index is 13.1. The summed E-state index contributed by atoms with van der Waals surface area (Å²) >= 11 is 0. The molecule has 1 amide bonds. The Bertz CT molecular complexity index is 853. The number of benzene rings is 1. The van der Waals surface area contributed by atoms with Crippen LogP contribution in [0.1, 0.15) is 48.3 Å². The van der Waals surface area contributed by atoms with Crippen molar-refractivity contribution in [1.82, 2.24) is 14.9 Å². The molecule has 7 heteroatoms. The SMILES string of the molecule is C=Nc1cc(C(=O)NCC2CCCCC2)c(N(C)Cc2nccn2C)cc1NC. The topological polar surface area (TPSA) is 74.5 Å². The fraction of sp³-hybridized carbons (Fsp3) is 0.500. The molecular weight excluding hydrogens is 364 g/mol. The monoisotopic (exact) mass is 396 g/mol. The van der Waals surface area contributed by atoms with Crippen molar-refractivity contribution >= 4 is 29.7 Å². The molecule has 2 aromatic rings. The second-order valence-corrected chi connectivity index (χ2v) is 7.82. The number of aromatic nitrogens is 2. The number of rotatable bonds is 8. The Morgan fingerprint density at radius 2 is 2.10 bits per heavy atom. The highest BCUT2D eigenvalue weighted by atomic mass is 16.1. The molecule has 0 radical (unpaired) electrons. The van der Waals surface area contributed by atoms with Gasteiger partial charge in [-0.1, -0.05) is 19.3 Å². The molecule has 7 nitrogen and oxygen atoms in total. The molecule has 1 aliphatic carbocycles. The van der Waals surface area contributed by atoms with Crippen molar-refractivity contribution in [2.75, 3.05) is 30.9 Å². The molecule has 0 bridgehead atoms. The normalized spacial score (nSPS) is 14.4. The van der Waals surface area contributed by atoms with Crippen molar-refractivity contribution < 1.29 is 4.79 Å². The Balaban J connectivity index is 1.85. The standard InChI is InChI=1S/C22H32N6O/c1-23-18-12-17(22(29)26-14-16-8-6-5-7-9-16)20(13-19(18)24-2)28(4)15-21-25-10-11-27(21)3/h10-13,16,24H,1,5-9,14-15H2,2-4H3,(H,26,29). The summed E-state index contributed by atoms with van der Waals surface area (Å²) in [6.45, 7) is 4.98. The maximum Gasteiger partial charge on any atom is 0.253 e. The van der Waals surface area contributed by atoms with Crippen LogP contribution in [0.4, 0.5) is 17.1 Å². The predicted molar refractivity (Wildman–Crippen MR) is 119 cm³/mol. The highest BCUT2D eigenvalue weighted by molar-refractivity contribution is 6.02. The summed E-state index contributed by atoms with van der Waals surface area (Å²) in [7, 11) is 5.79. The third-order valence-corrected chi connectivity index (χ3v) is 5.79. The number of carbonyl (C=O) groups excluding carboxylic acids is 1. The molecule has 1 fully saturated rings. The van der Waals surface area contributed by atoms with E-state index in [1.54, 1.807) is 6.20 Å². The van der Waals surface area contributed by atoms with Crippen LogP contribution in [0.15, 0.2) is 29.5 Å². The van der Waals surface area contributed by atoms with E-state index in [2.05, 4.69) is 27.3 Å². The maximum absolute atomic E-state index is 13.1. The number of hydrogen-bond acceptors (Lipinski definition) is 5. The van der Waals surface area contributed by atoms with Gasteiger partial charge < -0.3 is 20.1 Å². The summed E-state index contributed by atoms with van der Waals surface area (Å²) in [4.78, 5) is 23.7. The van der Waals surface area contributed by atoms with E-state index in [1.807, 2.05) is 48.9 Å². The van der Waals surface area contributed by atoms with Crippen molar-refractivity contribution in [3.63, 3.8) is 0 Å². The van der Waals surface area contributed by atoms with Crippen LogP contribution in [0, 0.1) is 5.92 Å². The largest absolute Gasteiger partial charge is 0.386 e. The summed E-state index contributed by atoms with van der Waals surface area (Å²) in [6, 6.07) is 3.78. The quantitative estimate of drug-likeness (QED) is 0.667. The minimum Gasteiger partial charge on any atom is -0.386 e. The predicted octanol–water partition coefficient (Wildman–Crippen LogP) is 3.74. The number of anilines is 2. The molecule has 0 atom stereocenters. The van der Waals surface area contributed by atoms with Crippen LogP contribution < -0.4 is 15.5 Å². The van der Waals surface area contributed by atoms with E-state index in [1.165, 1.54) is 32.1 Å². The van der Waals surface area contributed by atoms with Gasteiger partial charge in [0.1, 0.15) is 5.82 Å². The van der Waals surface area contributed by atoms with Gasteiger partial charge in [0.25, 0.3) is 5.91 Å². The molecule has 0 aliphatic heterocycles. The van der Waals surface area contributed by atoms with Crippen molar-refractivity contribution in [3.8, 4) is 0 Å². The number of aryl methyl sites for hydroxylation is 1. The molecular formula is C22H32N6O. The second kappa shape index (κ2) is 9.58. The third kappa shape index (κ3) is 4.96. The molecule has 2 N–H and O–H groups in total.